The van der Waals surface area contributed by atoms with Crippen LogP contribution in [0.2, 0.25) is 0 Å². The smallest absolute Gasteiger partial charge is 0.328 e. The van der Waals surface area contributed by atoms with Crippen LogP contribution in [0.15, 0.2) is 0 Å². The molecule has 5 N–H and O–H groups in total. The van der Waals surface area contributed by atoms with Crippen molar-refractivity contribution in [3.8, 4) is 0 Å². The molecule has 0 radical (unpaired) electrons. The number of carbonyl (C=O) groups is 2. The van der Waals surface area contributed by atoms with Crippen LogP contribution in [0.3, 0.4) is 0 Å². The van der Waals surface area contributed by atoms with Crippen molar-refractivity contribution in [1.29, 1.82) is 0 Å². The van der Waals surface area contributed by atoms with Gasteiger partial charge in [0.15, 0.2) is 0 Å². The predicted octanol–water partition coefficient (Wildman–Crippen LogP) is -1.27. The Labute approximate surface area is 89.3 Å². The van der Waals surface area contributed by atoms with Gasteiger partial charge in [0, 0.05) is 0 Å². The third kappa shape index (κ3) is 6.03. The normalized spacial score (nSPS) is 11.9. The molecule has 0 aromatic carbocycles. The number of carbonyl (C=O) groups excluding carboxylic acids is 2. The van der Waals surface area contributed by atoms with E-state index in [-0.39, 0.29) is 12.5 Å². The van der Waals surface area contributed by atoms with E-state index in [1.165, 1.54) is 7.11 Å². The fourth-order valence-corrected chi connectivity index (χ4v) is 1.14. The number of methoxy groups -OCH3 is 1. The maximum atomic E-state index is 11.2. The number of hydrogen-bond donors (Lipinski definition) is 3. The van der Waals surface area contributed by atoms with Gasteiger partial charge in [-0.25, -0.2) is 4.79 Å². The van der Waals surface area contributed by atoms with Gasteiger partial charge in [-0.1, -0.05) is 0 Å². The highest BCUT2D eigenvalue weighted by Crippen LogP contribution is 2.02. The topological polar surface area (TPSA) is 107 Å². The first-order chi connectivity index (χ1) is 7.15. The Balaban J connectivity index is 4.06. The molecule has 0 bridgehead atoms. The van der Waals surface area contributed by atoms with E-state index < -0.39 is 12.0 Å². The molecule has 0 heterocycles. The average molecular weight is 217 g/mol. The zero-order valence-corrected chi connectivity index (χ0v) is 8.99. The van der Waals surface area contributed by atoms with Gasteiger partial charge in [-0.3, -0.25) is 4.79 Å². The number of amides is 1. The molecule has 1 atom stereocenters. The number of hydrogen-bond acceptors (Lipinski definition) is 5. The Morgan fingerprint density at radius 2 is 2.00 bits per heavy atom. The molecule has 0 aromatic rings. The minimum absolute atomic E-state index is 0.135. The highest BCUT2D eigenvalue weighted by molar-refractivity contribution is 5.85. The maximum Gasteiger partial charge on any atom is 0.328 e. The molecular formula is C9H19N3O3. The number of rotatable bonds is 7. The standard InChI is InChI=1S/C9H19N3O3/c1-15-9(14)7(4-2-3-5-10)12-8(13)6-11/h7H,2-6,10-11H2,1H3,(H,12,13). The van der Waals surface area contributed by atoms with Gasteiger partial charge in [0.25, 0.3) is 0 Å². The minimum Gasteiger partial charge on any atom is -0.467 e. The number of esters is 1. The average Bonchev–Trinajstić information content (AvgIpc) is 2.26. The molecular weight excluding hydrogens is 198 g/mol. The largest absolute Gasteiger partial charge is 0.467 e. The zero-order valence-electron chi connectivity index (χ0n) is 8.99. The highest BCUT2D eigenvalue weighted by Gasteiger charge is 2.19. The van der Waals surface area contributed by atoms with Crippen molar-refractivity contribution in [1.82, 2.24) is 5.32 Å². The lowest BCUT2D eigenvalue weighted by atomic mass is 10.1. The Kier molecular flexibility index (Phi) is 7.57. The predicted molar refractivity (Wildman–Crippen MR) is 55.9 cm³/mol. The van der Waals surface area contributed by atoms with Gasteiger partial charge in [0.2, 0.25) is 5.91 Å². The molecule has 6 heteroatoms. The third-order valence-corrected chi connectivity index (χ3v) is 1.95. The molecule has 1 amide bonds. The van der Waals surface area contributed by atoms with Crippen molar-refractivity contribution >= 4 is 11.9 Å². The summed E-state index contributed by atoms with van der Waals surface area (Å²) in [5.41, 5.74) is 10.5. The SMILES string of the molecule is COC(=O)C(CCCCN)NC(=O)CN. The van der Waals surface area contributed by atoms with Gasteiger partial charge >= 0.3 is 5.97 Å². The first kappa shape index (κ1) is 13.9. The van der Waals surface area contributed by atoms with Crippen LogP contribution in [-0.2, 0) is 14.3 Å². The molecule has 0 aliphatic carbocycles. The fourth-order valence-electron chi connectivity index (χ4n) is 1.14. The Morgan fingerprint density at radius 3 is 2.47 bits per heavy atom. The third-order valence-electron chi connectivity index (χ3n) is 1.95. The minimum atomic E-state index is -0.613. The number of nitrogens with one attached hydrogen (secondary N) is 1. The van der Waals surface area contributed by atoms with Crippen molar-refractivity contribution < 1.29 is 14.3 Å². The zero-order chi connectivity index (χ0) is 11.7. The van der Waals surface area contributed by atoms with E-state index in [1.54, 1.807) is 0 Å². The highest BCUT2D eigenvalue weighted by atomic mass is 16.5. The van der Waals surface area contributed by atoms with E-state index in [1.807, 2.05) is 0 Å². The number of unbranched alkanes of at least 4 members (excludes halogenated alkanes) is 1. The second-order valence-electron chi connectivity index (χ2n) is 3.13. The van der Waals surface area contributed by atoms with Crippen LogP contribution in [0.4, 0.5) is 0 Å². The first-order valence-electron chi connectivity index (χ1n) is 4.93. The summed E-state index contributed by atoms with van der Waals surface area (Å²) in [5.74, 6) is -0.813. The first-order valence-corrected chi connectivity index (χ1v) is 4.93. The number of ether oxygens (including phenoxy) is 1. The van der Waals surface area contributed by atoms with Gasteiger partial charge in [-0.15, -0.1) is 0 Å². The summed E-state index contributed by atoms with van der Waals surface area (Å²) in [5, 5.41) is 2.50. The molecule has 0 rings (SSSR count). The summed E-state index contributed by atoms with van der Waals surface area (Å²) < 4.78 is 4.56. The molecule has 0 fully saturated rings. The molecule has 88 valence electrons. The Bertz CT molecular complexity index is 209. The van der Waals surface area contributed by atoms with Crippen molar-refractivity contribution in [2.45, 2.75) is 25.3 Å². The molecule has 6 nitrogen and oxygen atoms in total. The van der Waals surface area contributed by atoms with E-state index in [0.717, 1.165) is 12.8 Å². The monoisotopic (exact) mass is 217 g/mol. The van der Waals surface area contributed by atoms with Gasteiger partial charge in [-0.05, 0) is 25.8 Å². The van der Waals surface area contributed by atoms with E-state index >= 15 is 0 Å². The lowest BCUT2D eigenvalue weighted by Crippen LogP contribution is -2.44. The summed E-state index contributed by atoms with van der Waals surface area (Å²) in [6.45, 7) is 0.434. The maximum absolute atomic E-state index is 11.2. The van der Waals surface area contributed by atoms with Crippen LogP contribution >= 0.6 is 0 Å². The fraction of sp³-hybridized carbons (Fsp3) is 0.778. The summed E-state index contributed by atoms with van der Waals surface area (Å²) in [6, 6.07) is -0.613. The molecule has 0 aromatic heterocycles. The molecule has 0 saturated heterocycles. The Hall–Kier alpha value is -1.14. The van der Waals surface area contributed by atoms with Crippen LogP contribution in [0, 0.1) is 0 Å². The van der Waals surface area contributed by atoms with E-state index in [2.05, 4.69) is 10.1 Å². The second-order valence-corrected chi connectivity index (χ2v) is 3.13. The van der Waals surface area contributed by atoms with Gasteiger partial charge in [0.05, 0.1) is 13.7 Å². The Morgan fingerprint density at radius 1 is 1.33 bits per heavy atom. The van der Waals surface area contributed by atoms with E-state index in [4.69, 9.17) is 11.5 Å². The lowest BCUT2D eigenvalue weighted by Gasteiger charge is -2.15. The molecule has 0 aliphatic rings. The molecule has 15 heavy (non-hydrogen) atoms. The summed E-state index contributed by atoms with van der Waals surface area (Å²) in [7, 11) is 1.28. The summed E-state index contributed by atoms with van der Waals surface area (Å²) >= 11 is 0. The van der Waals surface area contributed by atoms with E-state index in [9.17, 15) is 9.59 Å². The summed E-state index contributed by atoms with van der Waals surface area (Å²) in [6.07, 6.45) is 2.10. The quantitative estimate of drug-likeness (QED) is 0.364. The van der Waals surface area contributed by atoms with Gasteiger partial charge in [0.1, 0.15) is 6.04 Å². The lowest BCUT2D eigenvalue weighted by molar-refractivity contribution is -0.145. The van der Waals surface area contributed by atoms with Crippen LogP contribution in [0.25, 0.3) is 0 Å². The number of nitrogens with two attached hydrogens (primary N) is 2. The molecule has 0 saturated carbocycles. The molecule has 0 spiro atoms. The van der Waals surface area contributed by atoms with Crippen LogP contribution < -0.4 is 16.8 Å². The molecule has 1 unspecified atom stereocenters. The van der Waals surface area contributed by atoms with Gasteiger partial charge in [-0.2, -0.15) is 0 Å². The molecule has 0 aliphatic heterocycles. The second kappa shape index (κ2) is 8.19. The van der Waals surface area contributed by atoms with Crippen molar-refractivity contribution in [3.05, 3.63) is 0 Å². The van der Waals surface area contributed by atoms with E-state index in [0.29, 0.717) is 13.0 Å². The van der Waals surface area contributed by atoms with Crippen molar-refractivity contribution in [3.63, 3.8) is 0 Å². The van der Waals surface area contributed by atoms with Crippen molar-refractivity contribution in [2.24, 2.45) is 11.5 Å². The summed E-state index contributed by atoms with van der Waals surface area (Å²) in [4.78, 5) is 22.3. The van der Waals surface area contributed by atoms with Crippen LogP contribution in [0.5, 0.6) is 0 Å². The van der Waals surface area contributed by atoms with Gasteiger partial charge < -0.3 is 21.5 Å². The van der Waals surface area contributed by atoms with Crippen LogP contribution in [0.1, 0.15) is 19.3 Å². The van der Waals surface area contributed by atoms with Crippen LogP contribution in [-0.4, -0.2) is 38.1 Å². The van der Waals surface area contributed by atoms with Crippen molar-refractivity contribution in [2.75, 3.05) is 20.2 Å².